The van der Waals surface area contributed by atoms with Crippen LogP contribution in [0.3, 0.4) is 0 Å². The van der Waals surface area contributed by atoms with Crippen molar-refractivity contribution in [3.63, 3.8) is 0 Å². The Labute approximate surface area is 151 Å². The number of hydrogen-bond acceptors (Lipinski definition) is 4. The molecule has 0 spiro atoms. The summed E-state index contributed by atoms with van der Waals surface area (Å²) in [4.78, 5) is 9.33. The van der Waals surface area contributed by atoms with Crippen LogP contribution in [0, 0.1) is 0 Å². The van der Waals surface area contributed by atoms with Gasteiger partial charge in [0.2, 0.25) is 5.88 Å². The molecule has 0 saturated carbocycles. The van der Waals surface area contributed by atoms with Crippen LogP contribution >= 0.6 is 0 Å². The van der Waals surface area contributed by atoms with Crippen LogP contribution in [-0.4, -0.2) is 24.1 Å². The van der Waals surface area contributed by atoms with E-state index in [1.54, 1.807) is 0 Å². The van der Waals surface area contributed by atoms with E-state index in [9.17, 15) is 0 Å². The molecule has 0 bridgehead atoms. The van der Waals surface area contributed by atoms with Crippen molar-refractivity contribution in [2.24, 2.45) is 7.05 Å². The van der Waals surface area contributed by atoms with Crippen molar-refractivity contribution in [1.29, 1.82) is 0 Å². The number of aryl methyl sites for hydroxylation is 3. The topological polar surface area (TPSA) is 57.2 Å². The van der Waals surface area contributed by atoms with Gasteiger partial charge in [0, 0.05) is 24.9 Å². The lowest BCUT2D eigenvalue weighted by atomic mass is 10.2. The zero-order chi connectivity index (χ0) is 17.5. The zero-order valence-electron chi connectivity index (χ0n) is 14.6. The fourth-order valence-electron chi connectivity index (χ4n) is 3.48. The highest BCUT2D eigenvalue weighted by Gasteiger charge is 2.19. The standard InChI is InChI=1S/C20H19N5O/c1-24-12-16(14-6-3-2-4-7-14)22-19(24)13-26-20-11-10-18-21-15-8-5-9-17(15)25(18)23-20/h2-4,6-7,10-12H,5,8-9,13H2,1H3. The summed E-state index contributed by atoms with van der Waals surface area (Å²) in [5.74, 6) is 1.45. The number of fused-ring (bicyclic) bond motifs is 3. The molecular formula is C20H19N5O. The van der Waals surface area contributed by atoms with Crippen LogP contribution in [0.5, 0.6) is 5.88 Å². The van der Waals surface area contributed by atoms with Gasteiger partial charge in [0.05, 0.1) is 17.1 Å². The van der Waals surface area contributed by atoms with Crippen LogP contribution in [0.1, 0.15) is 23.6 Å². The van der Waals surface area contributed by atoms with Gasteiger partial charge in [-0.25, -0.2) is 14.5 Å². The van der Waals surface area contributed by atoms with Gasteiger partial charge in [0.1, 0.15) is 12.4 Å². The van der Waals surface area contributed by atoms with E-state index in [1.807, 2.05) is 52.7 Å². The summed E-state index contributed by atoms with van der Waals surface area (Å²) in [5, 5.41) is 4.61. The molecule has 6 heteroatoms. The maximum Gasteiger partial charge on any atom is 0.232 e. The van der Waals surface area contributed by atoms with E-state index >= 15 is 0 Å². The van der Waals surface area contributed by atoms with E-state index in [2.05, 4.69) is 22.2 Å². The smallest absolute Gasteiger partial charge is 0.232 e. The first-order valence-electron chi connectivity index (χ1n) is 8.86. The average Bonchev–Trinajstić information content (AvgIpc) is 3.35. The molecule has 0 fully saturated rings. The van der Waals surface area contributed by atoms with Crippen molar-refractivity contribution in [3.8, 4) is 17.1 Å². The van der Waals surface area contributed by atoms with E-state index in [0.717, 1.165) is 42.0 Å². The third kappa shape index (κ3) is 2.54. The Kier molecular flexibility index (Phi) is 3.48. The van der Waals surface area contributed by atoms with Crippen molar-refractivity contribution in [3.05, 3.63) is 65.9 Å². The molecule has 3 aromatic heterocycles. The lowest BCUT2D eigenvalue weighted by Gasteiger charge is -2.06. The Bertz CT molecular complexity index is 1080. The molecule has 1 aromatic carbocycles. The second-order valence-corrected chi connectivity index (χ2v) is 6.61. The van der Waals surface area contributed by atoms with Gasteiger partial charge in [0.15, 0.2) is 5.65 Å². The van der Waals surface area contributed by atoms with Gasteiger partial charge in [-0.15, -0.1) is 5.10 Å². The Morgan fingerprint density at radius 3 is 2.81 bits per heavy atom. The molecule has 5 rings (SSSR count). The van der Waals surface area contributed by atoms with Gasteiger partial charge in [0.25, 0.3) is 0 Å². The van der Waals surface area contributed by atoms with Gasteiger partial charge < -0.3 is 9.30 Å². The maximum absolute atomic E-state index is 5.92. The molecule has 0 radical (unpaired) electrons. The van der Waals surface area contributed by atoms with Crippen LogP contribution in [0.15, 0.2) is 48.7 Å². The fourth-order valence-corrected chi connectivity index (χ4v) is 3.48. The quantitative estimate of drug-likeness (QED) is 0.570. The third-order valence-corrected chi connectivity index (χ3v) is 4.85. The van der Waals surface area contributed by atoms with Gasteiger partial charge in [-0.05, 0) is 25.3 Å². The van der Waals surface area contributed by atoms with Gasteiger partial charge >= 0.3 is 0 Å². The lowest BCUT2D eigenvalue weighted by molar-refractivity contribution is 0.276. The number of rotatable bonds is 4. The molecular weight excluding hydrogens is 326 g/mol. The highest BCUT2D eigenvalue weighted by atomic mass is 16.5. The minimum Gasteiger partial charge on any atom is -0.468 e. The summed E-state index contributed by atoms with van der Waals surface area (Å²) in [6, 6.07) is 14.0. The molecule has 4 aromatic rings. The van der Waals surface area contributed by atoms with E-state index < -0.39 is 0 Å². The van der Waals surface area contributed by atoms with Crippen molar-refractivity contribution in [1.82, 2.24) is 24.1 Å². The summed E-state index contributed by atoms with van der Waals surface area (Å²) in [7, 11) is 1.98. The molecule has 130 valence electrons. The predicted molar refractivity (Wildman–Crippen MR) is 98.0 cm³/mol. The molecule has 0 aliphatic heterocycles. The number of aromatic nitrogens is 5. The maximum atomic E-state index is 5.92. The Balaban J connectivity index is 1.38. The molecule has 0 amide bonds. The lowest BCUT2D eigenvalue weighted by Crippen LogP contribution is -2.06. The highest BCUT2D eigenvalue weighted by Crippen LogP contribution is 2.23. The molecule has 26 heavy (non-hydrogen) atoms. The van der Waals surface area contributed by atoms with Crippen molar-refractivity contribution in [2.75, 3.05) is 0 Å². The summed E-state index contributed by atoms with van der Waals surface area (Å²) in [6.45, 7) is 0.374. The molecule has 0 unspecified atom stereocenters. The number of benzene rings is 1. The normalized spacial score (nSPS) is 13.3. The van der Waals surface area contributed by atoms with E-state index in [0.29, 0.717) is 12.5 Å². The number of imidazole rings is 2. The van der Waals surface area contributed by atoms with Crippen LogP contribution in [0.4, 0.5) is 0 Å². The van der Waals surface area contributed by atoms with E-state index in [4.69, 9.17) is 9.72 Å². The van der Waals surface area contributed by atoms with Crippen molar-refractivity contribution >= 4 is 5.65 Å². The number of hydrogen-bond donors (Lipinski definition) is 0. The van der Waals surface area contributed by atoms with Crippen LogP contribution in [0.2, 0.25) is 0 Å². The fraction of sp³-hybridized carbons (Fsp3) is 0.250. The first-order valence-corrected chi connectivity index (χ1v) is 8.86. The first kappa shape index (κ1) is 15.1. The average molecular weight is 345 g/mol. The SMILES string of the molecule is Cn1cc(-c2ccccc2)nc1COc1ccc2nc3c(n2n1)CCC3. The van der Waals surface area contributed by atoms with Gasteiger partial charge in [-0.2, -0.15) is 0 Å². The Hall–Kier alpha value is -3.15. The predicted octanol–water partition coefficient (Wildman–Crippen LogP) is 3.20. The molecule has 1 aliphatic rings. The highest BCUT2D eigenvalue weighted by molar-refractivity contribution is 5.58. The largest absolute Gasteiger partial charge is 0.468 e. The summed E-state index contributed by atoms with van der Waals surface area (Å²) in [5.41, 5.74) is 5.33. The molecule has 0 N–H and O–H groups in total. The summed E-state index contributed by atoms with van der Waals surface area (Å²) in [6.07, 6.45) is 5.26. The minimum atomic E-state index is 0.374. The second kappa shape index (κ2) is 5.98. The number of nitrogens with zero attached hydrogens (tertiary/aromatic N) is 5. The molecule has 1 aliphatic carbocycles. The Morgan fingerprint density at radius 1 is 1.04 bits per heavy atom. The van der Waals surface area contributed by atoms with Crippen molar-refractivity contribution < 1.29 is 4.74 Å². The van der Waals surface area contributed by atoms with E-state index in [1.165, 1.54) is 11.4 Å². The monoisotopic (exact) mass is 345 g/mol. The van der Waals surface area contributed by atoms with Crippen molar-refractivity contribution in [2.45, 2.75) is 25.9 Å². The minimum absolute atomic E-state index is 0.374. The van der Waals surface area contributed by atoms with E-state index in [-0.39, 0.29) is 0 Å². The zero-order valence-corrected chi connectivity index (χ0v) is 14.6. The van der Waals surface area contributed by atoms with Crippen LogP contribution in [-0.2, 0) is 26.5 Å². The van der Waals surface area contributed by atoms with Gasteiger partial charge in [-0.3, -0.25) is 0 Å². The number of ether oxygens (including phenoxy) is 1. The second-order valence-electron chi connectivity index (χ2n) is 6.61. The molecule has 0 saturated heterocycles. The summed E-state index contributed by atoms with van der Waals surface area (Å²) < 4.78 is 9.83. The summed E-state index contributed by atoms with van der Waals surface area (Å²) >= 11 is 0. The van der Waals surface area contributed by atoms with Crippen LogP contribution in [0.25, 0.3) is 16.9 Å². The molecule has 6 nitrogen and oxygen atoms in total. The third-order valence-electron chi connectivity index (χ3n) is 4.85. The first-order chi connectivity index (χ1) is 12.8. The molecule has 3 heterocycles. The Morgan fingerprint density at radius 2 is 1.92 bits per heavy atom. The van der Waals surface area contributed by atoms with Crippen LogP contribution < -0.4 is 4.74 Å². The van der Waals surface area contributed by atoms with Gasteiger partial charge in [-0.1, -0.05) is 30.3 Å². The molecule has 0 atom stereocenters.